The average molecular weight is 838 g/mol. The molecule has 0 atom stereocenters. The minimum absolute atomic E-state index is 0. The Balaban J connectivity index is 0.000000347. The summed E-state index contributed by atoms with van der Waals surface area (Å²) in [7, 11) is 0. The summed E-state index contributed by atoms with van der Waals surface area (Å²) in [4.78, 5) is 21.0. The van der Waals surface area contributed by atoms with Gasteiger partial charge in [0, 0.05) is 54.7 Å². The van der Waals surface area contributed by atoms with Crippen molar-refractivity contribution in [2.45, 2.75) is 99.8 Å². The van der Waals surface area contributed by atoms with E-state index in [-0.39, 0.29) is 48.9 Å². The second-order valence-electron chi connectivity index (χ2n) is 14.3. The van der Waals surface area contributed by atoms with Crippen LogP contribution in [0.5, 0.6) is 0 Å². The number of nitrogens with zero attached hydrogens (tertiary/aromatic N) is 2. The van der Waals surface area contributed by atoms with Gasteiger partial charge in [-0.2, -0.15) is 0 Å². The summed E-state index contributed by atoms with van der Waals surface area (Å²) in [6, 6.07) is 22.8. The predicted octanol–water partition coefficient (Wildman–Crippen LogP) is 11.9. The van der Waals surface area contributed by atoms with Crippen molar-refractivity contribution in [2.75, 3.05) is 0 Å². The van der Waals surface area contributed by atoms with Crippen molar-refractivity contribution >= 4 is 27.5 Å². The van der Waals surface area contributed by atoms with Crippen molar-refractivity contribution in [2.24, 2.45) is 17.8 Å². The molecule has 0 aliphatic heterocycles. The molecular weight excluding hydrogens is 785 g/mol. The molecule has 1 radical (unpaired) electrons. The molecule has 5 aromatic rings. The van der Waals surface area contributed by atoms with Crippen LogP contribution in [0.4, 0.5) is 0 Å². The summed E-state index contributed by atoms with van der Waals surface area (Å²) in [5.41, 5.74) is 7.37. The average Bonchev–Trinajstić information content (AvgIpc) is 3.54. The van der Waals surface area contributed by atoms with Crippen LogP contribution in [0.2, 0.25) is 0 Å². The Morgan fingerprint density at radius 2 is 1.55 bits per heavy atom. The van der Waals surface area contributed by atoms with Crippen LogP contribution >= 0.6 is 0 Å². The fourth-order valence-corrected chi connectivity index (χ4v) is 6.33. The Bertz CT molecular complexity index is 1860. The number of aliphatic hydroxyl groups excluding tert-OH is 1. The molecule has 0 bridgehead atoms. The van der Waals surface area contributed by atoms with Gasteiger partial charge in [0.05, 0.1) is 17.7 Å². The first-order valence-corrected chi connectivity index (χ1v) is 17.6. The van der Waals surface area contributed by atoms with E-state index >= 15 is 0 Å². The van der Waals surface area contributed by atoms with E-state index in [0.29, 0.717) is 5.92 Å². The standard InChI is InChI=1S/C30H29N2O.C13H24O2.Ir/c1-19(2)12-24-15-22(14-21-10-11-33-29(21)24)27-17-28(32-18-31-27)23-13-20-8-6-7-9-25(20)26(16-23)30(3,4)5;1-5-10(6-2)12(14)9-13(15)11(7-3)8-4;/h6-11,14-19H,12H2,1-5H3;9-11,14H,5-8H2,1-4H3;/q-1;;/b;12-9-;. The van der Waals surface area contributed by atoms with Crippen LogP contribution in [0, 0.1) is 23.8 Å². The van der Waals surface area contributed by atoms with Crippen LogP contribution in [0.25, 0.3) is 44.3 Å². The van der Waals surface area contributed by atoms with E-state index in [2.05, 4.69) is 99.2 Å². The zero-order valence-corrected chi connectivity index (χ0v) is 33.1. The number of ketones is 1. The predicted molar refractivity (Wildman–Crippen MR) is 200 cm³/mol. The van der Waals surface area contributed by atoms with E-state index in [1.165, 1.54) is 22.6 Å². The molecule has 5 rings (SSSR count). The van der Waals surface area contributed by atoms with E-state index in [1.54, 1.807) is 12.6 Å². The molecular formula is C43H53IrN2O3-. The van der Waals surface area contributed by atoms with E-state index < -0.39 is 0 Å². The number of aromatic nitrogens is 2. The monoisotopic (exact) mass is 838 g/mol. The fourth-order valence-electron chi connectivity index (χ4n) is 6.33. The molecule has 263 valence electrons. The molecule has 2 aromatic heterocycles. The molecule has 0 saturated carbocycles. The minimum Gasteiger partial charge on any atom is -0.512 e. The van der Waals surface area contributed by atoms with Gasteiger partial charge in [-0.1, -0.05) is 91.5 Å². The zero-order valence-electron chi connectivity index (χ0n) is 30.7. The first-order chi connectivity index (χ1) is 22.9. The van der Waals surface area contributed by atoms with Gasteiger partial charge in [0.2, 0.25) is 0 Å². The molecule has 0 unspecified atom stereocenters. The van der Waals surface area contributed by atoms with Crippen molar-refractivity contribution in [1.29, 1.82) is 0 Å². The number of fused-ring (bicyclic) bond motifs is 2. The molecule has 0 amide bonds. The molecule has 0 aliphatic rings. The van der Waals surface area contributed by atoms with Crippen molar-refractivity contribution in [3.63, 3.8) is 0 Å². The van der Waals surface area contributed by atoms with Gasteiger partial charge in [0.25, 0.3) is 0 Å². The van der Waals surface area contributed by atoms with Crippen molar-refractivity contribution < 1.29 is 34.4 Å². The SMILES string of the molecule is CC(C)Cc1cc(-c2cc(-c3[c-]c4ccccc4c(C(C)(C)C)c3)ncn2)cc2ccoc12.CCC(CC)C(=O)/C=C(\O)C(CC)CC.[Ir]. The minimum atomic E-state index is 0. The summed E-state index contributed by atoms with van der Waals surface area (Å²) in [5.74, 6) is 1.09. The molecule has 0 aliphatic carbocycles. The molecule has 5 nitrogen and oxygen atoms in total. The second kappa shape index (κ2) is 17.9. The van der Waals surface area contributed by atoms with E-state index in [9.17, 15) is 9.90 Å². The van der Waals surface area contributed by atoms with Crippen molar-refractivity contribution in [1.82, 2.24) is 9.97 Å². The largest absolute Gasteiger partial charge is 0.512 e. The maximum Gasteiger partial charge on any atom is 0.162 e. The topological polar surface area (TPSA) is 76.2 Å². The van der Waals surface area contributed by atoms with Crippen LogP contribution in [-0.4, -0.2) is 20.9 Å². The maximum atomic E-state index is 11.7. The Morgan fingerprint density at radius 1 is 0.898 bits per heavy atom. The molecule has 49 heavy (non-hydrogen) atoms. The summed E-state index contributed by atoms with van der Waals surface area (Å²) in [6.07, 6.45) is 9.29. The fraction of sp³-hybridized carbons (Fsp3) is 0.419. The van der Waals surface area contributed by atoms with E-state index in [4.69, 9.17) is 4.42 Å². The number of hydrogen-bond acceptors (Lipinski definition) is 5. The molecule has 6 heteroatoms. The van der Waals surface area contributed by atoms with Crippen LogP contribution in [0.15, 0.2) is 83.4 Å². The van der Waals surface area contributed by atoms with Gasteiger partial charge >= 0.3 is 0 Å². The Hall–Kier alpha value is -3.60. The summed E-state index contributed by atoms with van der Waals surface area (Å²) >= 11 is 0. The Morgan fingerprint density at radius 3 is 2.18 bits per heavy atom. The molecule has 1 N–H and O–H groups in total. The quantitative estimate of drug-likeness (QED) is 0.0815. The second-order valence-corrected chi connectivity index (χ2v) is 14.3. The number of rotatable bonds is 11. The Kier molecular flexibility index (Phi) is 14.5. The molecule has 0 spiro atoms. The smallest absolute Gasteiger partial charge is 0.162 e. The number of carbonyl (C=O) groups excluding carboxylic acids is 1. The molecule has 2 heterocycles. The number of benzene rings is 3. The third kappa shape index (κ3) is 9.99. The number of furan rings is 1. The summed E-state index contributed by atoms with van der Waals surface area (Å²) in [5, 5.41) is 13.2. The molecule has 3 aromatic carbocycles. The van der Waals surface area contributed by atoms with Crippen LogP contribution in [0.3, 0.4) is 0 Å². The Labute approximate surface area is 307 Å². The third-order valence-corrected chi connectivity index (χ3v) is 9.16. The van der Waals surface area contributed by atoms with Crippen LogP contribution in [-0.2, 0) is 36.7 Å². The molecule has 0 saturated heterocycles. The normalized spacial score (nSPS) is 12.0. The van der Waals surface area contributed by atoms with Gasteiger partial charge in [-0.3, -0.25) is 9.78 Å². The molecule has 0 fully saturated rings. The zero-order chi connectivity index (χ0) is 35.0. The first kappa shape index (κ1) is 39.8. The first-order valence-electron chi connectivity index (χ1n) is 17.6. The van der Waals surface area contributed by atoms with Gasteiger partial charge in [-0.15, -0.1) is 29.1 Å². The number of allylic oxidation sites excluding steroid dienone is 2. The van der Waals surface area contributed by atoms with Gasteiger partial charge in [-0.25, -0.2) is 4.98 Å². The summed E-state index contributed by atoms with van der Waals surface area (Å²) < 4.78 is 5.78. The van der Waals surface area contributed by atoms with Crippen LogP contribution < -0.4 is 0 Å². The maximum absolute atomic E-state index is 11.7. The summed E-state index contributed by atoms with van der Waals surface area (Å²) in [6.45, 7) is 19.3. The van der Waals surface area contributed by atoms with E-state index in [0.717, 1.165) is 71.0 Å². The van der Waals surface area contributed by atoms with Crippen molar-refractivity contribution in [3.05, 3.63) is 96.2 Å². The van der Waals surface area contributed by atoms with Crippen LogP contribution in [0.1, 0.15) is 99.1 Å². The number of aliphatic hydroxyl groups is 1. The van der Waals surface area contributed by atoms with Gasteiger partial charge in [-0.05, 0) is 73.3 Å². The van der Waals surface area contributed by atoms with Gasteiger partial charge < -0.3 is 9.52 Å². The van der Waals surface area contributed by atoms with Crippen molar-refractivity contribution in [3.8, 4) is 22.5 Å². The van der Waals surface area contributed by atoms with Gasteiger partial charge in [0.15, 0.2) is 5.78 Å². The third-order valence-electron chi connectivity index (χ3n) is 9.16. The number of hydrogen-bond donors (Lipinski definition) is 1. The van der Waals surface area contributed by atoms with Gasteiger partial charge in [0.1, 0.15) is 11.9 Å². The van der Waals surface area contributed by atoms with E-state index in [1.807, 2.05) is 33.8 Å². The number of carbonyl (C=O) groups is 1.